The van der Waals surface area contributed by atoms with Gasteiger partial charge in [0.1, 0.15) is 0 Å². The van der Waals surface area contributed by atoms with E-state index in [1.165, 1.54) is 11.3 Å². The summed E-state index contributed by atoms with van der Waals surface area (Å²) in [7, 11) is 4.77. The Bertz CT molecular complexity index is 794. The highest BCUT2D eigenvalue weighted by molar-refractivity contribution is 7.13. The van der Waals surface area contributed by atoms with Gasteiger partial charge in [0.15, 0.2) is 16.6 Å². The molecule has 0 fully saturated rings. The molecule has 0 aliphatic rings. The minimum absolute atomic E-state index is 0.534. The lowest BCUT2D eigenvalue weighted by atomic mass is 10.1. The van der Waals surface area contributed by atoms with Crippen LogP contribution in [-0.4, -0.2) is 31.3 Å². The third-order valence-electron chi connectivity index (χ3n) is 3.28. The Kier molecular flexibility index (Phi) is 3.34. The molecule has 2 heterocycles. The molecule has 21 heavy (non-hydrogen) atoms. The summed E-state index contributed by atoms with van der Waals surface area (Å²) < 4.78 is 16.2. The lowest BCUT2D eigenvalue weighted by molar-refractivity contribution is 0.327. The van der Waals surface area contributed by atoms with Crippen LogP contribution < -0.4 is 19.9 Å². The Hall–Kier alpha value is -2.41. The normalized spacial score (nSPS) is 10.8. The van der Waals surface area contributed by atoms with Crippen molar-refractivity contribution in [3.63, 3.8) is 0 Å². The van der Waals surface area contributed by atoms with Crippen LogP contribution in [0.25, 0.3) is 22.2 Å². The summed E-state index contributed by atoms with van der Waals surface area (Å²) in [6.45, 7) is 0. The predicted molar refractivity (Wildman–Crippen MR) is 83.5 cm³/mol. The van der Waals surface area contributed by atoms with Gasteiger partial charge in [-0.15, -0.1) is 11.3 Å². The third-order valence-corrected chi connectivity index (χ3v) is 3.95. The second kappa shape index (κ2) is 5.17. The molecule has 0 atom stereocenters. The SMILES string of the molecule is COc1cc2c(-c3csc(N)n3)c[nH]c2c(OC)c1OC. The third kappa shape index (κ3) is 2.06. The van der Waals surface area contributed by atoms with Crippen molar-refractivity contribution in [1.82, 2.24) is 9.97 Å². The standard InChI is InChI=1S/C14H15N3O3S/c1-18-10-4-7-8(9-6-21-14(15)17-9)5-16-11(7)13(20-3)12(10)19-2/h4-6,16H,1-3H3,(H2,15,17). The Morgan fingerprint density at radius 2 is 1.90 bits per heavy atom. The molecule has 0 aliphatic heterocycles. The number of nitrogen functional groups attached to an aromatic ring is 1. The number of methoxy groups -OCH3 is 3. The Labute approximate surface area is 125 Å². The van der Waals surface area contributed by atoms with Crippen LogP contribution in [0.2, 0.25) is 0 Å². The van der Waals surface area contributed by atoms with Crippen LogP contribution in [0.15, 0.2) is 17.6 Å². The van der Waals surface area contributed by atoms with Crippen molar-refractivity contribution in [3.05, 3.63) is 17.6 Å². The zero-order chi connectivity index (χ0) is 15.0. The number of thiazole rings is 1. The van der Waals surface area contributed by atoms with Gasteiger partial charge >= 0.3 is 0 Å². The van der Waals surface area contributed by atoms with E-state index in [1.54, 1.807) is 21.3 Å². The van der Waals surface area contributed by atoms with Gasteiger partial charge in [-0.25, -0.2) is 4.98 Å². The lowest BCUT2D eigenvalue weighted by Gasteiger charge is -2.13. The monoisotopic (exact) mass is 305 g/mol. The van der Waals surface area contributed by atoms with Crippen molar-refractivity contribution in [2.45, 2.75) is 0 Å². The van der Waals surface area contributed by atoms with Crippen molar-refractivity contribution in [2.75, 3.05) is 27.1 Å². The van der Waals surface area contributed by atoms with E-state index in [-0.39, 0.29) is 0 Å². The number of anilines is 1. The van der Waals surface area contributed by atoms with Gasteiger partial charge in [-0.1, -0.05) is 0 Å². The summed E-state index contributed by atoms with van der Waals surface area (Å²) in [6, 6.07) is 1.90. The molecule has 1 aromatic carbocycles. The average molecular weight is 305 g/mol. The van der Waals surface area contributed by atoms with Crippen LogP contribution in [0.3, 0.4) is 0 Å². The number of ether oxygens (including phenoxy) is 3. The van der Waals surface area contributed by atoms with E-state index in [1.807, 2.05) is 17.6 Å². The summed E-state index contributed by atoms with van der Waals surface area (Å²) in [4.78, 5) is 7.53. The number of fused-ring (bicyclic) bond motifs is 1. The van der Waals surface area contributed by atoms with Gasteiger partial charge in [0.2, 0.25) is 5.75 Å². The van der Waals surface area contributed by atoms with Gasteiger partial charge in [-0.2, -0.15) is 0 Å². The van der Waals surface area contributed by atoms with E-state index in [2.05, 4.69) is 9.97 Å². The number of benzene rings is 1. The molecule has 0 amide bonds. The summed E-state index contributed by atoms with van der Waals surface area (Å²) in [5.74, 6) is 1.76. The van der Waals surface area contributed by atoms with Crippen molar-refractivity contribution in [2.24, 2.45) is 0 Å². The number of nitrogens with one attached hydrogen (secondary N) is 1. The predicted octanol–water partition coefficient (Wildman–Crippen LogP) is 2.90. The largest absolute Gasteiger partial charge is 0.493 e. The molecule has 0 unspecified atom stereocenters. The quantitative estimate of drug-likeness (QED) is 0.774. The number of nitrogens with zero attached hydrogens (tertiary/aromatic N) is 1. The van der Waals surface area contributed by atoms with Crippen LogP contribution in [0.1, 0.15) is 0 Å². The molecule has 3 rings (SSSR count). The van der Waals surface area contributed by atoms with E-state index < -0.39 is 0 Å². The molecule has 3 N–H and O–H groups in total. The molecule has 3 aromatic rings. The minimum atomic E-state index is 0.534. The van der Waals surface area contributed by atoms with Crippen LogP contribution >= 0.6 is 11.3 Å². The summed E-state index contributed by atoms with van der Waals surface area (Å²) in [5.41, 5.74) is 8.30. The first-order chi connectivity index (χ1) is 10.2. The maximum absolute atomic E-state index is 5.71. The number of nitrogens with two attached hydrogens (primary N) is 1. The molecule has 6 nitrogen and oxygen atoms in total. The van der Waals surface area contributed by atoms with Gasteiger partial charge in [0, 0.05) is 22.5 Å². The van der Waals surface area contributed by atoms with Crippen molar-refractivity contribution in [3.8, 4) is 28.5 Å². The van der Waals surface area contributed by atoms with E-state index in [4.69, 9.17) is 19.9 Å². The number of hydrogen-bond acceptors (Lipinski definition) is 6. The van der Waals surface area contributed by atoms with Crippen molar-refractivity contribution in [1.29, 1.82) is 0 Å². The number of aromatic amines is 1. The average Bonchev–Trinajstić information content (AvgIpc) is 3.10. The molecule has 0 bridgehead atoms. The van der Waals surface area contributed by atoms with Gasteiger partial charge in [-0.3, -0.25) is 0 Å². The van der Waals surface area contributed by atoms with Crippen LogP contribution in [0, 0.1) is 0 Å². The number of aromatic nitrogens is 2. The minimum Gasteiger partial charge on any atom is -0.493 e. The fourth-order valence-electron chi connectivity index (χ4n) is 2.36. The second-order valence-electron chi connectivity index (χ2n) is 4.34. The molecule has 0 radical (unpaired) electrons. The molecule has 2 aromatic heterocycles. The van der Waals surface area contributed by atoms with Crippen molar-refractivity contribution < 1.29 is 14.2 Å². The fraction of sp³-hybridized carbons (Fsp3) is 0.214. The smallest absolute Gasteiger partial charge is 0.205 e. The zero-order valence-corrected chi connectivity index (χ0v) is 12.7. The van der Waals surface area contributed by atoms with Gasteiger partial charge in [0.05, 0.1) is 32.5 Å². The first-order valence-electron chi connectivity index (χ1n) is 6.21. The molecular weight excluding hydrogens is 290 g/mol. The molecule has 7 heteroatoms. The van der Waals surface area contributed by atoms with Crippen LogP contribution in [0.5, 0.6) is 17.2 Å². The highest BCUT2D eigenvalue weighted by Crippen LogP contribution is 2.45. The second-order valence-corrected chi connectivity index (χ2v) is 5.23. The van der Waals surface area contributed by atoms with Crippen LogP contribution in [0.4, 0.5) is 5.13 Å². The molecular formula is C14H15N3O3S. The Morgan fingerprint density at radius 3 is 2.48 bits per heavy atom. The number of H-pyrrole nitrogens is 1. The van der Waals surface area contributed by atoms with E-state index in [0.717, 1.165) is 22.2 Å². The Balaban J connectivity index is 2.31. The van der Waals surface area contributed by atoms with E-state index in [9.17, 15) is 0 Å². The summed E-state index contributed by atoms with van der Waals surface area (Å²) in [6.07, 6.45) is 1.88. The van der Waals surface area contributed by atoms with E-state index >= 15 is 0 Å². The van der Waals surface area contributed by atoms with Gasteiger partial charge in [0.25, 0.3) is 0 Å². The molecule has 0 saturated heterocycles. The fourth-order valence-corrected chi connectivity index (χ4v) is 2.92. The van der Waals surface area contributed by atoms with Gasteiger partial charge < -0.3 is 24.9 Å². The Morgan fingerprint density at radius 1 is 1.14 bits per heavy atom. The molecule has 0 aliphatic carbocycles. The lowest BCUT2D eigenvalue weighted by Crippen LogP contribution is -1.95. The summed E-state index contributed by atoms with van der Waals surface area (Å²) >= 11 is 1.40. The topological polar surface area (TPSA) is 82.4 Å². The number of rotatable bonds is 4. The molecule has 0 spiro atoms. The first-order valence-corrected chi connectivity index (χ1v) is 7.09. The van der Waals surface area contributed by atoms with Crippen LogP contribution in [-0.2, 0) is 0 Å². The maximum Gasteiger partial charge on any atom is 0.205 e. The summed E-state index contributed by atoms with van der Waals surface area (Å²) in [5, 5.41) is 3.39. The maximum atomic E-state index is 5.71. The molecule has 110 valence electrons. The molecule has 0 saturated carbocycles. The van der Waals surface area contributed by atoms with Gasteiger partial charge in [-0.05, 0) is 6.07 Å². The first kappa shape index (κ1) is 13.6. The highest BCUT2D eigenvalue weighted by Gasteiger charge is 2.20. The van der Waals surface area contributed by atoms with Crippen molar-refractivity contribution >= 4 is 27.4 Å². The van der Waals surface area contributed by atoms with E-state index in [0.29, 0.717) is 22.4 Å². The number of hydrogen-bond donors (Lipinski definition) is 2. The highest BCUT2D eigenvalue weighted by atomic mass is 32.1. The zero-order valence-electron chi connectivity index (χ0n) is 11.9.